The molecule has 27 heavy (non-hydrogen) atoms. The number of Topliss-reactive ketones (excluding diaryl/α,β-unsaturated/α-hetero) is 2. The van der Waals surface area contributed by atoms with Crippen LogP contribution in [0.1, 0.15) is 46.4 Å². The highest BCUT2D eigenvalue weighted by atomic mass is 35.5. The zero-order chi connectivity index (χ0) is 19.2. The van der Waals surface area contributed by atoms with Crippen molar-refractivity contribution in [3.8, 4) is 0 Å². The lowest BCUT2D eigenvalue weighted by molar-refractivity contribution is -0.132. The molecule has 5 heteroatoms. The van der Waals surface area contributed by atoms with Gasteiger partial charge in [0.25, 0.3) is 0 Å². The number of amides is 1. The summed E-state index contributed by atoms with van der Waals surface area (Å²) in [5.74, 6) is -0.249. The molecule has 0 aliphatic carbocycles. The molecule has 4 nitrogen and oxygen atoms in total. The van der Waals surface area contributed by atoms with Gasteiger partial charge in [-0.1, -0.05) is 41.9 Å². The summed E-state index contributed by atoms with van der Waals surface area (Å²) in [4.78, 5) is 39.1. The molecular formula is C22H22ClNO3. The highest BCUT2D eigenvalue weighted by Gasteiger charge is 2.29. The highest BCUT2D eigenvalue weighted by Crippen LogP contribution is 2.23. The monoisotopic (exact) mass is 383 g/mol. The molecule has 2 aromatic carbocycles. The number of halogens is 1. The van der Waals surface area contributed by atoms with E-state index in [9.17, 15) is 14.4 Å². The molecule has 1 saturated heterocycles. The molecule has 0 spiro atoms. The average Bonchev–Trinajstić information content (AvgIpc) is 2.72. The van der Waals surface area contributed by atoms with Crippen LogP contribution in [0.4, 0.5) is 0 Å². The Hall–Kier alpha value is -2.46. The standard InChI is InChI=1S/C22H22ClNO3/c23-19-10-8-17(9-11-19)22(27)18-7-4-14-24(15-18)21(26)13-12-20(25)16-5-2-1-3-6-16/h1-3,5-6,8-11,18H,4,7,12-15H2. The maximum Gasteiger partial charge on any atom is 0.223 e. The van der Waals surface area contributed by atoms with Crippen LogP contribution >= 0.6 is 11.6 Å². The minimum absolute atomic E-state index is 0.0326. The molecule has 1 fully saturated rings. The molecule has 3 rings (SSSR count). The summed E-state index contributed by atoms with van der Waals surface area (Å²) >= 11 is 5.88. The van der Waals surface area contributed by atoms with Gasteiger partial charge in [-0.15, -0.1) is 0 Å². The lowest BCUT2D eigenvalue weighted by atomic mass is 9.90. The highest BCUT2D eigenvalue weighted by molar-refractivity contribution is 6.30. The number of nitrogens with zero attached hydrogens (tertiary/aromatic N) is 1. The second kappa shape index (κ2) is 8.96. The van der Waals surface area contributed by atoms with Gasteiger partial charge < -0.3 is 4.90 Å². The molecule has 0 N–H and O–H groups in total. The van der Waals surface area contributed by atoms with Crippen molar-refractivity contribution in [2.24, 2.45) is 5.92 Å². The van der Waals surface area contributed by atoms with E-state index in [4.69, 9.17) is 11.6 Å². The Bertz CT molecular complexity index is 817. The van der Waals surface area contributed by atoms with Gasteiger partial charge in [-0.3, -0.25) is 14.4 Å². The molecule has 0 saturated carbocycles. The second-order valence-electron chi connectivity index (χ2n) is 6.84. The number of piperidine rings is 1. The van der Waals surface area contributed by atoms with Crippen LogP contribution < -0.4 is 0 Å². The van der Waals surface area contributed by atoms with Gasteiger partial charge in [0, 0.05) is 48.0 Å². The molecule has 0 aromatic heterocycles. The Morgan fingerprint density at radius 1 is 0.926 bits per heavy atom. The zero-order valence-corrected chi connectivity index (χ0v) is 15.8. The first-order chi connectivity index (χ1) is 13.0. The van der Waals surface area contributed by atoms with Crippen molar-refractivity contribution in [2.45, 2.75) is 25.7 Å². The smallest absolute Gasteiger partial charge is 0.223 e. The lowest BCUT2D eigenvalue weighted by Crippen LogP contribution is -2.42. The molecule has 1 heterocycles. The number of benzene rings is 2. The van der Waals surface area contributed by atoms with Crippen molar-refractivity contribution in [2.75, 3.05) is 13.1 Å². The van der Waals surface area contributed by atoms with Crippen LogP contribution in [0.15, 0.2) is 54.6 Å². The first kappa shape index (κ1) is 19.3. The van der Waals surface area contributed by atoms with Crippen LogP contribution in [-0.2, 0) is 4.79 Å². The summed E-state index contributed by atoms with van der Waals surface area (Å²) in [5.41, 5.74) is 1.25. The van der Waals surface area contributed by atoms with Crippen LogP contribution in [0.2, 0.25) is 5.02 Å². The van der Waals surface area contributed by atoms with Crippen molar-refractivity contribution in [1.29, 1.82) is 0 Å². The predicted octanol–water partition coefficient (Wildman–Crippen LogP) is 4.42. The van der Waals surface area contributed by atoms with Crippen LogP contribution in [0.25, 0.3) is 0 Å². The Labute approximate surface area is 164 Å². The van der Waals surface area contributed by atoms with E-state index in [0.717, 1.165) is 12.8 Å². The van der Waals surface area contributed by atoms with Gasteiger partial charge in [0.15, 0.2) is 11.6 Å². The summed E-state index contributed by atoms with van der Waals surface area (Å²) in [6, 6.07) is 15.9. The molecular weight excluding hydrogens is 362 g/mol. The van der Waals surface area contributed by atoms with Crippen molar-refractivity contribution in [3.63, 3.8) is 0 Å². The van der Waals surface area contributed by atoms with Gasteiger partial charge >= 0.3 is 0 Å². The number of hydrogen-bond acceptors (Lipinski definition) is 3. The van der Waals surface area contributed by atoms with E-state index in [1.807, 2.05) is 18.2 Å². The second-order valence-corrected chi connectivity index (χ2v) is 7.28. The molecule has 1 amide bonds. The van der Waals surface area contributed by atoms with E-state index < -0.39 is 0 Å². The van der Waals surface area contributed by atoms with Crippen LogP contribution in [0.5, 0.6) is 0 Å². The number of rotatable bonds is 6. The number of carbonyl (C=O) groups is 3. The predicted molar refractivity (Wildman–Crippen MR) is 105 cm³/mol. The zero-order valence-electron chi connectivity index (χ0n) is 15.1. The van der Waals surface area contributed by atoms with Crippen molar-refractivity contribution in [1.82, 2.24) is 4.90 Å². The minimum Gasteiger partial charge on any atom is -0.342 e. The summed E-state index contributed by atoms with van der Waals surface area (Å²) in [5, 5.41) is 0.593. The fourth-order valence-corrected chi connectivity index (χ4v) is 3.54. The third-order valence-corrected chi connectivity index (χ3v) is 5.19. The van der Waals surface area contributed by atoms with Gasteiger partial charge in [0.1, 0.15) is 0 Å². The summed E-state index contributed by atoms with van der Waals surface area (Å²) in [7, 11) is 0. The summed E-state index contributed by atoms with van der Waals surface area (Å²) < 4.78 is 0. The van der Waals surface area contributed by atoms with Gasteiger partial charge in [-0.25, -0.2) is 0 Å². The number of carbonyl (C=O) groups excluding carboxylic acids is 3. The fraction of sp³-hybridized carbons (Fsp3) is 0.318. The average molecular weight is 384 g/mol. The molecule has 0 radical (unpaired) electrons. The van der Waals surface area contributed by atoms with Crippen LogP contribution in [0.3, 0.4) is 0 Å². The van der Waals surface area contributed by atoms with E-state index in [1.165, 1.54) is 0 Å². The van der Waals surface area contributed by atoms with E-state index in [2.05, 4.69) is 0 Å². The molecule has 1 unspecified atom stereocenters. The van der Waals surface area contributed by atoms with E-state index in [-0.39, 0.29) is 36.2 Å². The van der Waals surface area contributed by atoms with Crippen molar-refractivity contribution >= 4 is 29.1 Å². The molecule has 1 aliphatic rings. The maximum atomic E-state index is 12.7. The maximum absolute atomic E-state index is 12.7. The minimum atomic E-state index is -0.200. The number of ketones is 2. The number of hydrogen-bond donors (Lipinski definition) is 0. The topological polar surface area (TPSA) is 54.5 Å². The van der Waals surface area contributed by atoms with Gasteiger partial charge in [0.2, 0.25) is 5.91 Å². The summed E-state index contributed by atoms with van der Waals surface area (Å²) in [6.07, 6.45) is 1.93. The Morgan fingerprint density at radius 2 is 1.63 bits per heavy atom. The van der Waals surface area contributed by atoms with E-state index in [1.54, 1.807) is 41.3 Å². The van der Waals surface area contributed by atoms with E-state index >= 15 is 0 Å². The van der Waals surface area contributed by atoms with E-state index in [0.29, 0.717) is 29.2 Å². The third-order valence-electron chi connectivity index (χ3n) is 4.94. The first-order valence-corrected chi connectivity index (χ1v) is 9.58. The Morgan fingerprint density at radius 3 is 2.33 bits per heavy atom. The lowest BCUT2D eigenvalue weighted by Gasteiger charge is -2.32. The van der Waals surface area contributed by atoms with Crippen molar-refractivity contribution in [3.05, 3.63) is 70.7 Å². The van der Waals surface area contributed by atoms with Gasteiger partial charge in [-0.2, -0.15) is 0 Å². The largest absolute Gasteiger partial charge is 0.342 e. The molecule has 2 aromatic rings. The summed E-state index contributed by atoms with van der Waals surface area (Å²) in [6.45, 7) is 1.06. The van der Waals surface area contributed by atoms with Crippen LogP contribution in [0, 0.1) is 5.92 Å². The normalized spacial score (nSPS) is 16.8. The SMILES string of the molecule is O=C(CCC(=O)N1CCCC(C(=O)c2ccc(Cl)cc2)C1)c1ccccc1. The number of likely N-dealkylation sites (tertiary alicyclic amines) is 1. The molecule has 1 aliphatic heterocycles. The fourth-order valence-electron chi connectivity index (χ4n) is 3.41. The molecule has 0 bridgehead atoms. The Balaban J connectivity index is 1.55. The van der Waals surface area contributed by atoms with Crippen LogP contribution in [-0.4, -0.2) is 35.5 Å². The molecule has 140 valence electrons. The van der Waals surface area contributed by atoms with Gasteiger partial charge in [0.05, 0.1) is 0 Å². The quantitative estimate of drug-likeness (QED) is 0.693. The van der Waals surface area contributed by atoms with Crippen molar-refractivity contribution < 1.29 is 14.4 Å². The first-order valence-electron chi connectivity index (χ1n) is 9.20. The Kier molecular flexibility index (Phi) is 6.40. The van der Waals surface area contributed by atoms with Gasteiger partial charge in [-0.05, 0) is 37.1 Å². The third kappa shape index (κ3) is 5.04. The molecule has 1 atom stereocenters.